The Morgan fingerprint density at radius 2 is 1.00 bits per heavy atom. The molecule has 0 fully saturated rings. The van der Waals surface area contributed by atoms with Crippen molar-refractivity contribution in [1.29, 1.82) is 0 Å². The van der Waals surface area contributed by atoms with Gasteiger partial charge in [-0.1, -0.05) is 72.8 Å². The van der Waals surface area contributed by atoms with Crippen LogP contribution in [0.15, 0.2) is 84.9 Å². The van der Waals surface area contributed by atoms with E-state index in [9.17, 15) is 9.59 Å². The van der Waals surface area contributed by atoms with Crippen molar-refractivity contribution in [3.63, 3.8) is 0 Å². The van der Waals surface area contributed by atoms with E-state index in [0.29, 0.717) is 0 Å². The summed E-state index contributed by atoms with van der Waals surface area (Å²) in [6.45, 7) is 0.308. The van der Waals surface area contributed by atoms with E-state index in [-0.39, 0.29) is 34.5 Å². The summed E-state index contributed by atoms with van der Waals surface area (Å²) in [6.07, 6.45) is 0. The number of ether oxygens (including phenoxy) is 2. The average Bonchev–Trinajstić information content (AvgIpc) is 3.25. The van der Waals surface area contributed by atoms with Gasteiger partial charge in [-0.15, -0.1) is 11.3 Å². The zero-order valence-corrected chi connectivity index (χ0v) is 20.6. The van der Waals surface area contributed by atoms with Crippen molar-refractivity contribution in [3.8, 4) is 11.5 Å². The second kappa shape index (κ2) is 10.1. The highest BCUT2D eigenvalue weighted by atomic mass is 35.5. The van der Waals surface area contributed by atoms with Crippen LogP contribution in [0.3, 0.4) is 0 Å². The lowest BCUT2D eigenvalue weighted by Crippen LogP contribution is -2.03. The first-order chi connectivity index (χ1) is 17.0. The molecule has 4 aromatic carbocycles. The molecular weight excluding hydrogens is 503 g/mol. The van der Waals surface area contributed by atoms with Gasteiger partial charge in [0.1, 0.15) is 23.0 Å². The van der Waals surface area contributed by atoms with E-state index in [2.05, 4.69) is 0 Å². The molecule has 0 saturated carbocycles. The average molecular weight is 521 g/mol. The molecule has 0 aliphatic rings. The summed E-state index contributed by atoms with van der Waals surface area (Å²) >= 11 is 12.5. The summed E-state index contributed by atoms with van der Waals surface area (Å²) in [5.74, 6) is 0.237. The summed E-state index contributed by atoms with van der Waals surface area (Å²) in [5, 5.41) is 2.86. The molecule has 0 bridgehead atoms. The van der Waals surface area contributed by atoms with Gasteiger partial charge >= 0.3 is 0 Å². The number of benzene rings is 4. The van der Waals surface area contributed by atoms with Gasteiger partial charge in [0.25, 0.3) is 10.5 Å². The normalized spacial score (nSPS) is 11.0. The summed E-state index contributed by atoms with van der Waals surface area (Å²) in [7, 11) is 0. The van der Waals surface area contributed by atoms with Crippen LogP contribution < -0.4 is 9.47 Å². The van der Waals surface area contributed by atoms with E-state index in [1.165, 1.54) is 0 Å². The van der Waals surface area contributed by atoms with Crippen molar-refractivity contribution >= 4 is 66.6 Å². The summed E-state index contributed by atoms with van der Waals surface area (Å²) < 4.78 is 12.0. The molecule has 0 unspecified atom stereocenters. The van der Waals surface area contributed by atoms with Crippen molar-refractivity contribution in [3.05, 3.63) is 106 Å². The highest BCUT2D eigenvalue weighted by molar-refractivity contribution is 7.19. The minimum Gasteiger partial charge on any atom is -0.483 e. The summed E-state index contributed by atoms with van der Waals surface area (Å²) in [6, 6.07) is 27.9. The van der Waals surface area contributed by atoms with Crippen molar-refractivity contribution in [2.45, 2.75) is 13.2 Å². The van der Waals surface area contributed by atoms with Gasteiger partial charge in [-0.2, -0.15) is 0 Å². The third kappa shape index (κ3) is 5.03. The van der Waals surface area contributed by atoms with Crippen LogP contribution in [0, 0.1) is 0 Å². The molecule has 4 nitrogen and oxygen atoms in total. The van der Waals surface area contributed by atoms with Crippen LogP contribution in [0.2, 0.25) is 0 Å². The quantitative estimate of drug-likeness (QED) is 0.194. The number of halogens is 2. The fraction of sp³-hybridized carbons (Fsp3) is 0.0714. The van der Waals surface area contributed by atoms with E-state index in [1.54, 1.807) is 0 Å². The standard InChI is InChI=1S/C28H18Cl2O4S/c29-27(31)25-23(33-15-17-9-11-19-5-1-3-7-21(19)13-17)24(26(35-25)28(30)32)34-16-18-10-12-20-6-2-4-8-22(20)14-18/h1-14H,15-16H2. The van der Waals surface area contributed by atoms with Crippen molar-refractivity contribution in [1.82, 2.24) is 0 Å². The lowest BCUT2D eigenvalue weighted by atomic mass is 10.1. The Labute approximate surface area is 215 Å². The maximum Gasteiger partial charge on any atom is 0.266 e. The Kier molecular flexibility index (Phi) is 6.73. The lowest BCUT2D eigenvalue weighted by Gasteiger charge is -2.12. The number of thiophene rings is 1. The van der Waals surface area contributed by atoms with E-state index < -0.39 is 10.5 Å². The van der Waals surface area contributed by atoms with Crippen molar-refractivity contribution < 1.29 is 19.1 Å². The number of carbonyl (C=O) groups is 2. The molecule has 1 aromatic heterocycles. The molecule has 0 atom stereocenters. The van der Waals surface area contributed by atoms with Crippen LogP contribution in [0.4, 0.5) is 0 Å². The topological polar surface area (TPSA) is 52.6 Å². The predicted molar refractivity (Wildman–Crippen MR) is 141 cm³/mol. The summed E-state index contributed by atoms with van der Waals surface area (Å²) in [5.41, 5.74) is 1.78. The van der Waals surface area contributed by atoms with Gasteiger partial charge in [0, 0.05) is 0 Å². The Morgan fingerprint density at radius 1 is 0.600 bits per heavy atom. The minimum atomic E-state index is -0.747. The number of rotatable bonds is 8. The van der Waals surface area contributed by atoms with Gasteiger partial charge in [-0.05, 0) is 68.0 Å². The highest BCUT2D eigenvalue weighted by Gasteiger charge is 2.28. The molecule has 5 rings (SSSR count). The van der Waals surface area contributed by atoms with Crippen LogP contribution in [0.5, 0.6) is 11.5 Å². The second-order valence-corrected chi connectivity index (χ2v) is 9.61. The van der Waals surface area contributed by atoms with E-state index in [0.717, 1.165) is 44.0 Å². The molecule has 0 amide bonds. The Bertz CT molecular complexity index is 1460. The highest BCUT2D eigenvalue weighted by Crippen LogP contribution is 2.45. The first-order valence-corrected chi connectivity index (χ1v) is 12.3. The molecule has 174 valence electrons. The molecule has 35 heavy (non-hydrogen) atoms. The molecular formula is C28H18Cl2O4S. The largest absolute Gasteiger partial charge is 0.483 e. The zero-order valence-electron chi connectivity index (χ0n) is 18.3. The molecule has 0 radical (unpaired) electrons. The predicted octanol–water partition coefficient (Wildman–Crippen LogP) is 7.97. The van der Waals surface area contributed by atoms with Crippen molar-refractivity contribution in [2.24, 2.45) is 0 Å². The Hall–Kier alpha value is -3.38. The Morgan fingerprint density at radius 3 is 1.40 bits per heavy atom. The monoisotopic (exact) mass is 520 g/mol. The fourth-order valence-electron chi connectivity index (χ4n) is 3.89. The van der Waals surface area contributed by atoms with Crippen molar-refractivity contribution in [2.75, 3.05) is 0 Å². The maximum atomic E-state index is 12.1. The minimum absolute atomic E-state index is 0.0740. The third-order valence-corrected chi connectivity index (χ3v) is 7.33. The molecule has 1 heterocycles. The molecule has 0 saturated heterocycles. The first-order valence-electron chi connectivity index (χ1n) is 10.8. The maximum absolute atomic E-state index is 12.1. The van der Waals surface area contributed by atoms with Crippen LogP contribution in [0.1, 0.15) is 30.5 Å². The van der Waals surface area contributed by atoms with Gasteiger partial charge in [0.2, 0.25) is 0 Å². The number of hydrogen-bond donors (Lipinski definition) is 0. The molecule has 0 spiro atoms. The van der Waals surface area contributed by atoms with E-state index >= 15 is 0 Å². The summed E-state index contributed by atoms with van der Waals surface area (Å²) in [4.78, 5) is 24.4. The molecule has 0 aliphatic heterocycles. The van der Waals surface area contributed by atoms with Crippen LogP contribution >= 0.6 is 34.5 Å². The van der Waals surface area contributed by atoms with Crippen LogP contribution in [0.25, 0.3) is 21.5 Å². The number of carbonyl (C=O) groups excluding carboxylic acids is 2. The van der Waals surface area contributed by atoms with Gasteiger partial charge in [-0.3, -0.25) is 9.59 Å². The fourth-order valence-corrected chi connectivity index (χ4v) is 5.15. The SMILES string of the molecule is O=C(Cl)c1sc(C(=O)Cl)c(OCc2ccc3ccccc3c2)c1OCc1ccc2ccccc2c1. The molecule has 5 aromatic rings. The third-order valence-electron chi connectivity index (χ3n) is 5.57. The number of fused-ring (bicyclic) bond motifs is 2. The number of hydrogen-bond acceptors (Lipinski definition) is 5. The second-order valence-electron chi connectivity index (χ2n) is 7.91. The molecule has 7 heteroatoms. The van der Waals surface area contributed by atoms with Gasteiger partial charge < -0.3 is 9.47 Å². The molecule has 0 N–H and O–H groups in total. The smallest absolute Gasteiger partial charge is 0.266 e. The lowest BCUT2D eigenvalue weighted by molar-refractivity contribution is 0.107. The zero-order chi connectivity index (χ0) is 24.4. The van der Waals surface area contributed by atoms with E-state index in [1.807, 2.05) is 84.9 Å². The van der Waals surface area contributed by atoms with Gasteiger partial charge in [-0.25, -0.2) is 0 Å². The van der Waals surface area contributed by atoms with Gasteiger partial charge in [0.05, 0.1) is 0 Å². The Balaban J connectivity index is 1.45. The molecule has 0 aliphatic carbocycles. The first kappa shape index (κ1) is 23.4. The van der Waals surface area contributed by atoms with Crippen LogP contribution in [-0.4, -0.2) is 10.5 Å². The van der Waals surface area contributed by atoms with Crippen LogP contribution in [-0.2, 0) is 13.2 Å². The van der Waals surface area contributed by atoms with Gasteiger partial charge in [0.15, 0.2) is 11.5 Å². The van der Waals surface area contributed by atoms with E-state index in [4.69, 9.17) is 32.7 Å².